The molecule has 1 aromatic heterocycles. The molecule has 0 bridgehead atoms. The molecular weight excluding hydrogens is 212 g/mol. The summed E-state index contributed by atoms with van der Waals surface area (Å²) in [4.78, 5) is 0. The van der Waals surface area contributed by atoms with Gasteiger partial charge in [0, 0.05) is 14.2 Å². The number of nitrogens with zero attached hydrogens (tertiary/aromatic N) is 1. The molecule has 0 amide bonds. The summed E-state index contributed by atoms with van der Waals surface area (Å²) in [7, 11) is 3.14. The quantitative estimate of drug-likeness (QED) is 0.786. The van der Waals surface area contributed by atoms with Crippen LogP contribution < -0.4 is 0 Å². The predicted molar refractivity (Wildman–Crippen MR) is 43.0 cm³/mol. The molecule has 0 aromatic carbocycles. The molecule has 0 radical (unpaired) electrons. The van der Waals surface area contributed by atoms with Crippen LogP contribution in [0.15, 0.2) is 10.7 Å². The lowest BCUT2D eigenvalue weighted by molar-refractivity contribution is -0.109. The Hall–Kier alpha value is -0.390. The summed E-state index contributed by atoms with van der Waals surface area (Å²) in [5, 5.41) is 6.57. The third kappa shape index (κ3) is 1.79. The number of methoxy groups -OCH3 is 2. The first kappa shape index (κ1) is 8.70. The van der Waals surface area contributed by atoms with Crippen molar-refractivity contribution in [1.29, 1.82) is 0 Å². The molecule has 1 aromatic rings. The van der Waals surface area contributed by atoms with Crippen LogP contribution in [0, 0.1) is 0 Å². The molecule has 0 saturated heterocycles. The van der Waals surface area contributed by atoms with Crippen LogP contribution in [0.5, 0.6) is 0 Å². The van der Waals surface area contributed by atoms with Crippen LogP contribution >= 0.6 is 15.9 Å². The molecule has 0 aliphatic rings. The monoisotopic (exact) mass is 220 g/mol. The van der Waals surface area contributed by atoms with E-state index in [-0.39, 0.29) is 6.29 Å². The van der Waals surface area contributed by atoms with Gasteiger partial charge in [0.1, 0.15) is 5.69 Å². The Morgan fingerprint density at radius 2 is 2.18 bits per heavy atom. The van der Waals surface area contributed by atoms with E-state index in [9.17, 15) is 0 Å². The van der Waals surface area contributed by atoms with Gasteiger partial charge in [-0.3, -0.25) is 5.10 Å². The third-order valence-corrected chi connectivity index (χ3v) is 1.92. The summed E-state index contributed by atoms with van der Waals surface area (Å²) >= 11 is 3.29. The van der Waals surface area contributed by atoms with E-state index in [0.717, 1.165) is 10.2 Å². The Kier molecular flexibility index (Phi) is 3.04. The lowest BCUT2D eigenvalue weighted by Gasteiger charge is -2.10. The van der Waals surface area contributed by atoms with Crippen molar-refractivity contribution < 1.29 is 9.47 Å². The van der Waals surface area contributed by atoms with Crippen LogP contribution in [0.1, 0.15) is 12.0 Å². The fourth-order valence-corrected chi connectivity index (χ4v) is 1.16. The number of ether oxygens (including phenoxy) is 2. The van der Waals surface area contributed by atoms with Gasteiger partial charge in [-0.2, -0.15) is 5.10 Å². The van der Waals surface area contributed by atoms with E-state index in [2.05, 4.69) is 26.1 Å². The fourth-order valence-electron chi connectivity index (χ4n) is 0.779. The van der Waals surface area contributed by atoms with Crippen molar-refractivity contribution in [2.75, 3.05) is 14.2 Å². The standard InChI is InChI=1S/C6H9BrN2O2/c1-10-6(11-2)5-4(7)3-8-9-5/h3,6H,1-2H3,(H,8,9). The van der Waals surface area contributed by atoms with Gasteiger partial charge in [-0.25, -0.2) is 0 Å². The second-order valence-corrected chi connectivity index (χ2v) is 2.79. The van der Waals surface area contributed by atoms with Crippen molar-refractivity contribution in [2.45, 2.75) is 6.29 Å². The van der Waals surface area contributed by atoms with E-state index in [1.54, 1.807) is 20.4 Å². The number of hydrogen-bond donors (Lipinski definition) is 1. The number of H-pyrrole nitrogens is 1. The highest BCUT2D eigenvalue weighted by molar-refractivity contribution is 9.10. The number of rotatable bonds is 3. The first-order chi connectivity index (χ1) is 5.29. The van der Waals surface area contributed by atoms with E-state index in [1.165, 1.54) is 0 Å². The van der Waals surface area contributed by atoms with Crippen molar-refractivity contribution in [3.05, 3.63) is 16.4 Å². The van der Waals surface area contributed by atoms with Crippen molar-refractivity contribution >= 4 is 15.9 Å². The number of aromatic amines is 1. The van der Waals surface area contributed by atoms with E-state index >= 15 is 0 Å². The topological polar surface area (TPSA) is 47.1 Å². The average Bonchev–Trinajstić information content (AvgIpc) is 2.40. The van der Waals surface area contributed by atoms with Gasteiger partial charge in [0.2, 0.25) is 6.29 Å². The summed E-state index contributed by atoms with van der Waals surface area (Å²) in [6, 6.07) is 0. The summed E-state index contributed by atoms with van der Waals surface area (Å²) in [6.07, 6.45) is 1.27. The summed E-state index contributed by atoms with van der Waals surface area (Å²) in [5.74, 6) is 0. The normalized spacial score (nSPS) is 10.9. The summed E-state index contributed by atoms with van der Waals surface area (Å²) < 4.78 is 10.9. The lowest BCUT2D eigenvalue weighted by Crippen LogP contribution is -2.04. The largest absolute Gasteiger partial charge is 0.350 e. The van der Waals surface area contributed by atoms with Gasteiger partial charge in [0.15, 0.2) is 0 Å². The third-order valence-electron chi connectivity index (χ3n) is 1.28. The molecule has 5 heteroatoms. The SMILES string of the molecule is COC(OC)c1[nH]ncc1Br. The highest BCUT2D eigenvalue weighted by Crippen LogP contribution is 2.22. The summed E-state index contributed by atoms with van der Waals surface area (Å²) in [5.41, 5.74) is 0.787. The molecule has 0 aliphatic heterocycles. The molecule has 4 nitrogen and oxygen atoms in total. The number of halogens is 1. The van der Waals surface area contributed by atoms with E-state index in [1.807, 2.05) is 0 Å². The Labute approximate surface area is 73.0 Å². The molecule has 11 heavy (non-hydrogen) atoms. The molecule has 0 atom stereocenters. The maximum atomic E-state index is 5.00. The Morgan fingerprint density at radius 1 is 1.55 bits per heavy atom. The van der Waals surface area contributed by atoms with Crippen LogP contribution in [0.2, 0.25) is 0 Å². The molecule has 1 N–H and O–H groups in total. The van der Waals surface area contributed by atoms with Gasteiger partial charge in [-0.15, -0.1) is 0 Å². The lowest BCUT2D eigenvalue weighted by atomic mass is 10.4. The van der Waals surface area contributed by atoms with E-state index in [4.69, 9.17) is 9.47 Å². The minimum Gasteiger partial charge on any atom is -0.350 e. The molecular formula is C6H9BrN2O2. The van der Waals surface area contributed by atoms with Crippen LogP contribution in [-0.2, 0) is 9.47 Å². The predicted octanol–water partition coefficient (Wildman–Crippen LogP) is 1.46. The molecule has 1 rings (SSSR count). The fraction of sp³-hybridized carbons (Fsp3) is 0.500. The van der Waals surface area contributed by atoms with Crippen LogP contribution in [0.25, 0.3) is 0 Å². The Morgan fingerprint density at radius 3 is 2.55 bits per heavy atom. The molecule has 62 valence electrons. The van der Waals surface area contributed by atoms with E-state index < -0.39 is 0 Å². The van der Waals surface area contributed by atoms with Gasteiger partial charge in [-0.05, 0) is 15.9 Å². The number of nitrogens with one attached hydrogen (secondary N) is 1. The Balaban J connectivity index is 2.81. The van der Waals surface area contributed by atoms with Gasteiger partial charge >= 0.3 is 0 Å². The molecule has 1 heterocycles. The molecule has 0 spiro atoms. The second-order valence-electron chi connectivity index (χ2n) is 1.93. The highest BCUT2D eigenvalue weighted by Gasteiger charge is 2.13. The first-order valence-corrected chi connectivity index (χ1v) is 3.83. The van der Waals surface area contributed by atoms with Crippen LogP contribution in [0.4, 0.5) is 0 Å². The van der Waals surface area contributed by atoms with Gasteiger partial charge in [0.05, 0.1) is 10.7 Å². The van der Waals surface area contributed by atoms with Gasteiger partial charge in [-0.1, -0.05) is 0 Å². The molecule has 0 fully saturated rings. The van der Waals surface area contributed by atoms with Gasteiger partial charge in [0.25, 0.3) is 0 Å². The molecule has 0 aliphatic carbocycles. The smallest absolute Gasteiger partial charge is 0.201 e. The maximum absolute atomic E-state index is 5.00. The maximum Gasteiger partial charge on any atom is 0.201 e. The van der Waals surface area contributed by atoms with Crippen molar-refractivity contribution in [3.8, 4) is 0 Å². The number of hydrogen-bond acceptors (Lipinski definition) is 3. The van der Waals surface area contributed by atoms with Crippen molar-refractivity contribution in [2.24, 2.45) is 0 Å². The Bertz CT molecular complexity index is 222. The molecule has 0 saturated carbocycles. The van der Waals surface area contributed by atoms with Crippen LogP contribution in [-0.4, -0.2) is 24.4 Å². The van der Waals surface area contributed by atoms with E-state index in [0.29, 0.717) is 0 Å². The van der Waals surface area contributed by atoms with Crippen molar-refractivity contribution in [3.63, 3.8) is 0 Å². The zero-order valence-corrected chi connectivity index (χ0v) is 7.88. The van der Waals surface area contributed by atoms with Crippen LogP contribution in [0.3, 0.4) is 0 Å². The highest BCUT2D eigenvalue weighted by atomic mass is 79.9. The second kappa shape index (κ2) is 3.85. The minimum absolute atomic E-state index is 0.383. The minimum atomic E-state index is -0.383. The zero-order valence-electron chi connectivity index (χ0n) is 6.30. The van der Waals surface area contributed by atoms with Crippen molar-refractivity contribution in [1.82, 2.24) is 10.2 Å². The number of aromatic nitrogens is 2. The zero-order chi connectivity index (χ0) is 8.27. The average molecular weight is 221 g/mol. The van der Waals surface area contributed by atoms with Gasteiger partial charge < -0.3 is 9.47 Å². The molecule has 0 unspecified atom stereocenters. The summed E-state index contributed by atoms with van der Waals surface area (Å²) in [6.45, 7) is 0. The first-order valence-electron chi connectivity index (χ1n) is 3.04.